The van der Waals surface area contributed by atoms with Crippen molar-refractivity contribution >= 4 is 11.8 Å². The van der Waals surface area contributed by atoms with Crippen molar-refractivity contribution in [1.29, 1.82) is 5.26 Å². The zero-order valence-corrected chi connectivity index (χ0v) is 11.2. The van der Waals surface area contributed by atoms with Gasteiger partial charge in [-0.15, -0.1) is 10.2 Å². The van der Waals surface area contributed by atoms with E-state index < -0.39 is 0 Å². The number of benzene rings is 1. The number of nitriles is 1. The van der Waals surface area contributed by atoms with Crippen LogP contribution in [-0.4, -0.2) is 20.0 Å². The Morgan fingerprint density at radius 3 is 2.67 bits per heavy atom. The molecule has 0 fully saturated rings. The molecule has 2 rings (SSSR count). The van der Waals surface area contributed by atoms with Gasteiger partial charge in [0.05, 0.1) is 6.07 Å². The third-order valence-electron chi connectivity index (χ3n) is 2.60. The van der Waals surface area contributed by atoms with Gasteiger partial charge in [0, 0.05) is 7.05 Å². The van der Waals surface area contributed by atoms with Crippen molar-refractivity contribution in [3.8, 4) is 6.07 Å². The molecule has 4 nitrogen and oxygen atoms in total. The molecule has 2 aromatic rings. The Hall–Kier alpha value is -1.80. The normalized spacial score (nSPS) is 12.1. The van der Waals surface area contributed by atoms with Gasteiger partial charge in [-0.2, -0.15) is 5.26 Å². The van der Waals surface area contributed by atoms with Crippen molar-refractivity contribution in [3.05, 3.63) is 41.7 Å². The summed E-state index contributed by atoms with van der Waals surface area (Å²) in [6.45, 7) is 2.06. The maximum atomic E-state index is 9.20. The molecule has 1 heterocycles. The van der Waals surface area contributed by atoms with Gasteiger partial charge in [-0.3, -0.25) is 0 Å². The van der Waals surface area contributed by atoms with E-state index in [2.05, 4.69) is 47.5 Å². The van der Waals surface area contributed by atoms with E-state index in [0.29, 0.717) is 6.42 Å². The van der Waals surface area contributed by atoms with E-state index in [4.69, 9.17) is 0 Å². The minimum absolute atomic E-state index is 0.143. The van der Waals surface area contributed by atoms with Crippen molar-refractivity contribution in [1.82, 2.24) is 14.8 Å². The maximum Gasteiger partial charge on any atom is 0.192 e. The lowest BCUT2D eigenvalue weighted by molar-refractivity contribution is 0.785. The lowest BCUT2D eigenvalue weighted by Gasteiger charge is -2.08. The first-order chi connectivity index (χ1) is 8.69. The van der Waals surface area contributed by atoms with Crippen LogP contribution in [0.3, 0.4) is 0 Å². The highest BCUT2D eigenvalue weighted by molar-refractivity contribution is 8.00. The molecule has 1 atom stereocenters. The lowest BCUT2D eigenvalue weighted by atomic mass is 10.1. The molecule has 18 heavy (non-hydrogen) atoms. The molecule has 92 valence electrons. The van der Waals surface area contributed by atoms with Gasteiger partial charge in [-0.05, 0) is 18.9 Å². The summed E-state index contributed by atoms with van der Waals surface area (Å²) in [5.41, 5.74) is 2.40. The minimum Gasteiger partial charge on any atom is -0.312 e. The fourth-order valence-electron chi connectivity index (χ4n) is 1.56. The summed E-state index contributed by atoms with van der Waals surface area (Å²) < 4.78 is 1.82. The van der Waals surface area contributed by atoms with E-state index in [0.717, 1.165) is 5.16 Å². The van der Waals surface area contributed by atoms with Crippen LogP contribution in [-0.2, 0) is 13.5 Å². The van der Waals surface area contributed by atoms with Crippen LogP contribution in [0, 0.1) is 18.3 Å². The van der Waals surface area contributed by atoms with E-state index in [1.54, 1.807) is 6.33 Å². The summed E-state index contributed by atoms with van der Waals surface area (Å²) in [5, 5.41) is 17.6. The molecule has 1 aromatic heterocycles. The molecule has 0 aliphatic heterocycles. The van der Waals surface area contributed by atoms with Crippen LogP contribution < -0.4 is 0 Å². The van der Waals surface area contributed by atoms with Crippen LogP contribution in [0.4, 0.5) is 0 Å². The third-order valence-corrected chi connectivity index (χ3v) is 3.74. The molecule has 0 unspecified atom stereocenters. The topological polar surface area (TPSA) is 54.5 Å². The highest BCUT2D eigenvalue weighted by Gasteiger charge is 2.13. The molecule has 0 N–H and O–H groups in total. The van der Waals surface area contributed by atoms with E-state index in [1.165, 1.54) is 22.9 Å². The number of nitrogens with zero attached hydrogens (tertiary/aromatic N) is 4. The zero-order valence-electron chi connectivity index (χ0n) is 10.4. The maximum absolute atomic E-state index is 9.20. The predicted molar refractivity (Wildman–Crippen MR) is 71.1 cm³/mol. The second-order valence-electron chi connectivity index (χ2n) is 4.15. The van der Waals surface area contributed by atoms with Gasteiger partial charge in [-0.25, -0.2) is 0 Å². The fourth-order valence-corrected chi connectivity index (χ4v) is 2.45. The smallest absolute Gasteiger partial charge is 0.192 e. The molecule has 0 aliphatic rings. The number of hydrogen-bond acceptors (Lipinski definition) is 4. The number of thioether (sulfide) groups is 1. The summed E-state index contributed by atoms with van der Waals surface area (Å²) in [6, 6.07) is 10.6. The average Bonchev–Trinajstić information content (AvgIpc) is 2.77. The number of aromatic nitrogens is 3. The van der Waals surface area contributed by atoms with Crippen molar-refractivity contribution < 1.29 is 0 Å². The monoisotopic (exact) mass is 258 g/mol. The van der Waals surface area contributed by atoms with Gasteiger partial charge >= 0.3 is 0 Å². The number of hydrogen-bond donors (Lipinski definition) is 0. The molecule has 0 spiro atoms. The summed E-state index contributed by atoms with van der Waals surface area (Å²) in [5.74, 6) is 0. The zero-order chi connectivity index (χ0) is 13.0. The molecule has 0 bridgehead atoms. The van der Waals surface area contributed by atoms with Crippen molar-refractivity contribution in [3.63, 3.8) is 0 Å². The van der Waals surface area contributed by atoms with Crippen molar-refractivity contribution in [2.24, 2.45) is 7.05 Å². The Morgan fingerprint density at radius 1 is 1.39 bits per heavy atom. The van der Waals surface area contributed by atoms with Gasteiger partial charge in [0.25, 0.3) is 0 Å². The first-order valence-electron chi connectivity index (χ1n) is 5.65. The summed E-state index contributed by atoms with van der Waals surface area (Å²) in [6.07, 6.45) is 2.36. The number of aryl methyl sites for hydroxylation is 2. The van der Waals surface area contributed by atoms with Crippen LogP contribution in [0.25, 0.3) is 0 Å². The van der Waals surface area contributed by atoms with Gasteiger partial charge in [0.15, 0.2) is 5.16 Å². The fraction of sp³-hybridized carbons (Fsp3) is 0.308. The van der Waals surface area contributed by atoms with Crippen LogP contribution in [0.15, 0.2) is 35.7 Å². The Labute approximate surface area is 111 Å². The largest absolute Gasteiger partial charge is 0.312 e. The summed E-state index contributed by atoms with van der Waals surface area (Å²) in [4.78, 5) is 0. The lowest BCUT2D eigenvalue weighted by Crippen LogP contribution is -2.05. The molecule has 1 aromatic carbocycles. The van der Waals surface area contributed by atoms with Gasteiger partial charge in [-0.1, -0.05) is 41.6 Å². The predicted octanol–water partition coefficient (Wildman–Crippen LogP) is 2.35. The van der Waals surface area contributed by atoms with E-state index in [-0.39, 0.29) is 5.25 Å². The van der Waals surface area contributed by atoms with E-state index in [1.807, 2.05) is 11.6 Å². The highest BCUT2D eigenvalue weighted by Crippen LogP contribution is 2.23. The standard InChI is InChI=1S/C13H14N4S/c1-10-3-5-11(6-4-10)7-12(8-14)18-13-16-15-9-17(13)2/h3-6,9,12H,7H2,1-2H3/t12-/m0/s1. The highest BCUT2D eigenvalue weighted by atomic mass is 32.2. The second-order valence-corrected chi connectivity index (χ2v) is 5.32. The van der Waals surface area contributed by atoms with E-state index >= 15 is 0 Å². The molecular formula is C13H14N4S. The first-order valence-corrected chi connectivity index (χ1v) is 6.53. The van der Waals surface area contributed by atoms with Crippen LogP contribution in [0.5, 0.6) is 0 Å². The van der Waals surface area contributed by atoms with Gasteiger partial charge in [0.2, 0.25) is 0 Å². The van der Waals surface area contributed by atoms with Crippen LogP contribution in [0.1, 0.15) is 11.1 Å². The minimum atomic E-state index is -0.143. The van der Waals surface area contributed by atoms with Gasteiger partial charge < -0.3 is 4.57 Å². The Bertz CT molecular complexity index is 553. The molecule has 5 heteroatoms. The Kier molecular flexibility index (Phi) is 4.00. The molecule has 0 aliphatic carbocycles. The summed E-state index contributed by atoms with van der Waals surface area (Å²) in [7, 11) is 1.88. The van der Waals surface area contributed by atoms with Crippen LogP contribution >= 0.6 is 11.8 Å². The SMILES string of the molecule is Cc1ccc(C[C@@H](C#N)Sc2nncn2C)cc1. The molecule has 0 radical (unpaired) electrons. The molecular weight excluding hydrogens is 244 g/mol. The molecule has 0 saturated carbocycles. The molecule has 0 amide bonds. The van der Waals surface area contributed by atoms with Crippen molar-refractivity contribution in [2.75, 3.05) is 0 Å². The quantitative estimate of drug-likeness (QED) is 0.790. The Balaban J connectivity index is 2.04. The van der Waals surface area contributed by atoms with E-state index in [9.17, 15) is 5.26 Å². The summed E-state index contributed by atoms with van der Waals surface area (Å²) >= 11 is 1.45. The first kappa shape index (κ1) is 12.7. The average molecular weight is 258 g/mol. The van der Waals surface area contributed by atoms with Crippen molar-refractivity contribution in [2.45, 2.75) is 23.8 Å². The number of rotatable bonds is 4. The van der Waals surface area contributed by atoms with Crippen LogP contribution in [0.2, 0.25) is 0 Å². The third kappa shape index (κ3) is 3.11. The second kappa shape index (κ2) is 5.69. The molecule has 0 saturated heterocycles. The Morgan fingerprint density at radius 2 is 2.11 bits per heavy atom. The van der Waals surface area contributed by atoms with Gasteiger partial charge in [0.1, 0.15) is 11.6 Å².